The monoisotopic (exact) mass is 584 g/mol. The molecule has 0 saturated carbocycles. The predicted octanol–water partition coefficient (Wildman–Crippen LogP) is 12.4. The smallest absolute Gasteiger partial charge is 0.205 e. The van der Waals surface area contributed by atoms with E-state index in [1.54, 1.807) is 11.3 Å². The van der Waals surface area contributed by atoms with Crippen LogP contribution in [0.25, 0.3) is 83.8 Å². The van der Waals surface area contributed by atoms with Crippen LogP contribution in [-0.2, 0) is 0 Å². The second kappa shape index (κ2) is 9.02. The largest absolute Gasteiger partial charge is 0.308 e. The van der Waals surface area contributed by atoms with Crippen LogP contribution in [0, 0.1) is 20.4 Å². The van der Waals surface area contributed by atoms with E-state index < -0.39 is 0 Å². The maximum Gasteiger partial charge on any atom is 0.205 e. The maximum atomic E-state index is 8.19. The van der Waals surface area contributed by atoms with Gasteiger partial charge in [-0.25, -0.2) is 4.85 Å². The third-order valence-corrected chi connectivity index (χ3v) is 11.2. The van der Waals surface area contributed by atoms with E-state index in [4.69, 9.17) is 6.57 Å². The zero-order valence-corrected chi connectivity index (χ0v) is 25.2. The number of thiophene rings is 2. The summed E-state index contributed by atoms with van der Waals surface area (Å²) in [5, 5.41) is 7.46. The Morgan fingerprint density at radius 3 is 1.98 bits per heavy atom. The van der Waals surface area contributed by atoms with Crippen LogP contribution in [0.5, 0.6) is 0 Å². The average molecular weight is 585 g/mol. The van der Waals surface area contributed by atoms with E-state index in [1.165, 1.54) is 68.8 Å². The fourth-order valence-electron chi connectivity index (χ4n) is 6.77. The van der Waals surface area contributed by atoms with Crippen molar-refractivity contribution in [1.29, 1.82) is 0 Å². The van der Waals surface area contributed by atoms with Gasteiger partial charge in [-0.05, 0) is 78.9 Å². The molecule has 0 bridgehead atoms. The summed E-state index contributed by atoms with van der Waals surface area (Å²) in [4.78, 5) is 4.07. The van der Waals surface area contributed by atoms with Crippen molar-refractivity contribution in [3.8, 4) is 16.8 Å². The standard InChI is InChI=1S/C39H24N2S2/c1-22-14-16-33-29(18-22)30-19-23(2)15-17-34(30)41(33)35-12-7-11-28-31-20-24(21-32(40-3)38(31)43-39(28)35)25-9-6-10-27-26-8-4-5-13-36(26)42-37(25)27/h4-21H,1-2H3. The zero-order valence-electron chi connectivity index (χ0n) is 23.6. The molecule has 0 fully saturated rings. The molecule has 0 aliphatic heterocycles. The number of aryl methyl sites for hydroxylation is 2. The topological polar surface area (TPSA) is 9.29 Å². The predicted molar refractivity (Wildman–Crippen MR) is 188 cm³/mol. The Morgan fingerprint density at radius 1 is 0.558 bits per heavy atom. The maximum absolute atomic E-state index is 8.19. The van der Waals surface area contributed by atoms with Crippen molar-refractivity contribution in [1.82, 2.24) is 4.57 Å². The van der Waals surface area contributed by atoms with E-state index in [9.17, 15) is 0 Å². The summed E-state index contributed by atoms with van der Waals surface area (Å²) in [7, 11) is 0. The van der Waals surface area contributed by atoms with Gasteiger partial charge in [0.2, 0.25) is 5.69 Å². The number of fused-ring (bicyclic) bond motifs is 9. The van der Waals surface area contributed by atoms with Crippen LogP contribution in [0.3, 0.4) is 0 Å². The van der Waals surface area contributed by atoms with Crippen molar-refractivity contribution < 1.29 is 0 Å². The van der Waals surface area contributed by atoms with Gasteiger partial charge in [0.15, 0.2) is 0 Å². The SMILES string of the molecule is [C-]#[N+]c1cc(-c2cccc3c2sc2ccccc23)cc2c1sc1c(-n3c4ccc(C)cc4c4cc(C)ccc43)cccc12. The van der Waals surface area contributed by atoms with Crippen LogP contribution in [0.15, 0.2) is 109 Å². The molecule has 3 heterocycles. The molecule has 9 aromatic rings. The molecule has 0 unspecified atom stereocenters. The van der Waals surface area contributed by atoms with Crippen molar-refractivity contribution in [2.75, 3.05) is 0 Å². The van der Waals surface area contributed by atoms with Gasteiger partial charge in [0.1, 0.15) is 0 Å². The molecule has 4 heteroatoms. The highest BCUT2D eigenvalue weighted by Gasteiger charge is 2.19. The van der Waals surface area contributed by atoms with Gasteiger partial charge in [0, 0.05) is 41.0 Å². The molecule has 2 nitrogen and oxygen atoms in total. The minimum atomic E-state index is 0.714. The lowest BCUT2D eigenvalue weighted by atomic mass is 9.99. The first-order valence-electron chi connectivity index (χ1n) is 14.4. The Kier molecular flexibility index (Phi) is 5.17. The zero-order chi connectivity index (χ0) is 28.8. The molecule has 0 aliphatic carbocycles. The molecule has 0 radical (unpaired) electrons. The third kappa shape index (κ3) is 3.50. The van der Waals surface area contributed by atoms with Crippen LogP contribution in [0.2, 0.25) is 0 Å². The molecule has 202 valence electrons. The molecular weight excluding hydrogens is 561 g/mol. The fourth-order valence-corrected chi connectivity index (χ4v) is 9.25. The molecule has 0 N–H and O–H groups in total. The first kappa shape index (κ1) is 24.6. The summed E-state index contributed by atoms with van der Waals surface area (Å²) in [6.45, 7) is 12.5. The van der Waals surface area contributed by atoms with Crippen LogP contribution in [0.1, 0.15) is 11.1 Å². The molecule has 6 aromatic carbocycles. The highest BCUT2D eigenvalue weighted by molar-refractivity contribution is 7.27. The van der Waals surface area contributed by atoms with Crippen LogP contribution in [-0.4, -0.2) is 4.57 Å². The van der Waals surface area contributed by atoms with Crippen LogP contribution >= 0.6 is 22.7 Å². The van der Waals surface area contributed by atoms with Gasteiger partial charge >= 0.3 is 0 Å². The quantitative estimate of drug-likeness (QED) is 0.179. The summed E-state index contributed by atoms with van der Waals surface area (Å²) in [5.41, 5.74) is 9.10. The lowest BCUT2D eigenvalue weighted by Crippen LogP contribution is -1.94. The Labute approximate surface area is 256 Å². The third-order valence-electron chi connectivity index (χ3n) is 8.71. The van der Waals surface area contributed by atoms with Crippen molar-refractivity contribution in [3.63, 3.8) is 0 Å². The molecule has 0 spiro atoms. The van der Waals surface area contributed by atoms with E-state index in [2.05, 4.69) is 132 Å². The lowest BCUT2D eigenvalue weighted by Gasteiger charge is -2.10. The highest BCUT2D eigenvalue weighted by atomic mass is 32.1. The van der Waals surface area contributed by atoms with E-state index in [1.807, 2.05) is 11.3 Å². The van der Waals surface area contributed by atoms with Crippen LogP contribution < -0.4 is 0 Å². The van der Waals surface area contributed by atoms with Crippen molar-refractivity contribution in [2.45, 2.75) is 13.8 Å². The Hall–Kier alpha value is -4.95. The normalized spacial score (nSPS) is 11.9. The first-order valence-corrected chi connectivity index (χ1v) is 16.0. The van der Waals surface area contributed by atoms with Crippen molar-refractivity contribution in [3.05, 3.63) is 132 Å². The Balaban J connectivity index is 1.35. The summed E-state index contributed by atoms with van der Waals surface area (Å²) in [6, 6.07) is 39.7. The first-order chi connectivity index (χ1) is 21.1. The van der Waals surface area contributed by atoms with Gasteiger partial charge in [-0.2, -0.15) is 0 Å². The van der Waals surface area contributed by atoms with Gasteiger partial charge in [-0.15, -0.1) is 22.7 Å². The number of benzene rings is 6. The van der Waals surface area contributed by atoms with Gasteiger partial charge in [-0.3, -0.25) is 0 Å². The Bertz CT molecular complexity index is 2600. The van der Waals surface area contributed by atoms with Gasteiger partial charge in [-0.1, -0.05) is 71.8 Å². The highest BCUT2D eigenvalue weighted by Crippen LogP contribution is 2.47. The number of hydrogen-bond donors (Lipinski definition) is 0. The minimum Gasteiger partial charge on any atom is -0.308 e. The molecular formula is C39H24N2S2. The number of hydrogen-bond acceptors (Lipinski definition) is 2. The summed E-state index contributed by atoms with van der Waals surface area (Å²) in [6.07, 6.45) is 0. The van der Waals surface area contributed by atoms with Gasteiger partial charge in [0.05, 0.1) is 28.0 Å². The average Bonchev–Trinajstić information content (AvgIpc) is 3.70. The summed E-state index contributed by atoms with van der Waals surface area (Å²) in [5.74, 6) is 0. The minimum absolute atomic E-state index is 0.714. The van der Waals surface area contributed by atoms with Gasteiger partial charge < -0.3 is 4.57 Å². The molecule has 3 aromatic heterocycles. The molecule has 0 atom stereocenters. The molecule has 43 heavy (non-hydrogen) atoms. The summed E-state index contributed by atoms with van der Waals surface area (Å²) >= 11 is 3.57. The van der Waals surface area contributed by atoms with Crippen LogP contribution in [0.4, 0.5) is 5.69 Å². The van der Waals surface area contributed by atoms with E-state index in [-0.39, 0.29) is 0 Å². The molecule has 0 aliphatic rings. The Morgan fingerprint density at radius 2 is 1.23 bits per heavy atom. The molecule has 0 amide bonds. The van der Waals surface area contributed by atoms with Gasteiger partial charge in [0.25, 0.3) is 0 Å². The number of rotatable bonds is 2. The van der Waals surface area contributed by atoms with E-state index in [0.717, 1.165) is 21.3 Å². The lowest BCUT2D eigenvalue weighted by molar-refractivity contribution is 1.20. The summed E-state index contributed by atoms with van der Waals surface area (Å²) < 4.78 is 7.24. The van der Waals surface area contributed by atoms with E-state index >= 15 is 0 Å². The fraction of sp³-hybridized carbons (Fsp3) is 0.0513. The number of aromatic nitrogens is 1. The van der Waals surface area contributed by atoms with Crippen molar-refractivity contribution >= 4 is 90.5 Å². The molecule has 0 saturated heterocycles. The number of nitrogens with zero attached hydrogens (tertiary/aromatic N) is 2. The van der Waals surface area contributed by atoms with E-state index in [0.29, 0.717) is 5.69 Å². The molecule has 9 rings (SSSR count). The van der Waals surface area contributed by atoms with Crippen molar-refractivity contribution in [2.24, 2.45) is 0 Å². The second-order valence-electron chi connectivity index (χ2n) is 11.4. The second-order valence-corrected chi connectivity index (χ2v) is 13.5.